The number of likely N-dealkylation sites (N-methyl/N-ethyl adjacent to an activating group) is 1. The first-order valence-corrected chi connectivity index (χ1v) is 9.05. The van der Waals surface area contributed by atoms with Crippen molar-refractivity contribution in [1.82, 2.24) is 14.7 Å². The molecule has 0 aliphatic carbocycles. The highest BCUT2D eigenvalue weighted by atomic mass is 35.5. The van der Waals surface area contributed by atoms with Crippen molar-refractivity contribution in [2.45, 2.75) is 33.2 Å². The fraction of sp³-hybridized carbons (Fsp3) is 0.400. The average molecular weight is 376 g/mol. The first-order valence-electron chi connectivity index (χ1n) is 8.68. The largest absolute Gasteiger partial charge is 0.497 e. The van der Waals surface area contributed by atoms with Gasteiger partial charge in [-0.15, -0.1) is 0 Å². The third-order valence-corrected chi connectivity index (χ3v) is 4.88. The molecule has 5 nitrogen and oxygen atoms in total. The lowest BCUT2D eigenvalue weighted by atomic mass is 10.1. The Morgan fingerprint density at radius 2 is 2.04 bits per heavy atom. The summed E-state index contributed by atoms with van der Waals surface area (Å²) in [4.78, 5) is 14.5. The number of amides is 1. The Labute approximate surface area is 160 Å². The number of carbonyl (C=O) groups excluding carboxylic acids is 1. The van der Waals surface area contributed by atoms with Crippen LogP contribution in [-0.2, 0) is 18.3 Å². The number of hydrogen-bond acceptors (Lipinski definition) is 3. The van der Waals surface area contributed by atoms with Gasteiger partial charge in [-0.05, 0) is 51.0 Å². The van der Waals surface area contributed by atoms with E-state index in [0.29, 0.717) is 11.7 Å². The van der Waals surface area contributed by atoms with Gasteiger partial charge in [-0.2, -0.15) is 5.10 Å². The van der Waals surface area contributed by atoms with E-state index in [1.165, 1.54) is 5.56 Å². The second-order valence-electron chi connectivity index (χ2n) is 6.27. The van der Waals surface area contributed by atoms with E-state index in [9.17, 15) is 4.79 Å². The average Bonchev–Trinajstić information content (AvgIpc) is 2.86. The Morgan fingerprint density at radius 3 is 2.54 bits per heavy atom. The third kappa shape index (κ3) is 4.67. The molecule has 0 bridgehead atoms. The minimum atomic E-state index is -0.0344. The van der Waals surface area contributed by atoms with E-state index in [0.717, 1.165) is 23.4 Å². The quantitative estimate of drug-likeness (QED) is 0.690. The second kappa shape index (κ2) is 8.90. The zero-order chi connectivity index (χ0) is 19.3. The van der Waals surface area contributed by atoms with Crippen LogP contribution < -0.4 is 4.74 Å². The molecule has 1 amide bonds. The van der Waals surface area contributed by atoms with Gasteiger partial charge in [0, 0.05) is 31.3 Å². The molecule has 1 atom stereocenters. The highest BCUT2D eigenvalue weighted by molar-refractivity contribution is 6.31. The number of aromatic nitrogens is 2. The lowest BCUT2D eigenvalue weighted by molar-refractivity contribution is -0.127. The van der Waals surface area contributed by atoms with Crippen molar-refractivity contribution < 1.29 is 9.53 Å². The van der Waals surface area contributed by atoms with Crippen LogP contribution in [-0.4, -0.2) is 40.3 Å². The van der Waals surface area contributed by atoms with E-state index in [1.54, 1.807) is 31.0 Å². The summed E-state index contributed by atoms with van der Waals surface area (Å²) in [5.74, 6) is 0.796. The van der Waals surface area contributed by atoms with Crippen LogP contribution >= 0.6 is 11.6 Å². The lowest BCUT2D eigenvalue weighted by Gasteiger charge is -2.27. The Kier molecular flexibility index (Phi) is 6.86. The molecule has 2 rings (SSSR count). The maximum absolute atomic E-state index is 12.7. The van der Waals surface area contributed by atoms with Gasteiger partial charge < -0.3 is 9.64 Å². The Hall–Kier alpha value is -2.27. The highest BCUT2D eigenvalue weighted by Gasteiger charge is 2.17. The van der Waals surface area contributed by atoms with Gasteiger partial charge in [-0.3, -0.25) is 9.48 Å². The number of ether oxygens (including phenoxy) is 1. The fourth-order valence-electron chi connectivity index (χ4n) is 2.98. The zero-order valence-corrected chi connectivity index (χ0v) is 16.7. The van der Waals surface area contributed by atoms with Gasteiger partial charge in [0.1, 0.15) is 10.9 Å². The molecule has 0 saturated carbocycles. The SMILES string of the molecule is CCN(C(=O)C=Cc1c(C)nn(C)c1Cl)C(C)Cc1ccc(OC)cc1. The molecule has 0 aliphatic rings. The molecule has 0 radical (unpaired) electrons. The van der Waals surface area contributed by atoms with E-state index < -0.39 is 0 Å². The molecule has 6 heteroatoms. The van der Waals surface area contributed by atoms with E-state index in [-0.39, 0.29) is 11.9 Å². The summed E-state index contributed by atoms with van der Waals surface area (Å²) < 4.78 is 6.79. The maximum Gasteiger partial charge on any atom is 0.246 e. The van der Waals surface area contributed by atoms with E-state index in [1.807, 2.05) is 43.0 Å². The van der Waals surface area contributed by atoms with Gasteiger partial charge in [0.05, 0.1) is 12.8 Å². The number of methoxy groups -OCH3 is 1. The molecular formula is C20H26ClN3O2. The summed E-state index contributed by atoms with van der Waals surface area (Å²) in [7, 11) is 3.43. The van der Waals surface area contributed by atoms with Crippen molar-refractivity contribution >= 4 is 23.6 Å². The number of carbonyl (C=O) groups is 1. The number of hydrogen-bond donors (Lipinski definition) is 0. The molecule has 26 heavy (non-hydrogen) atoms. The summed E-state index contributed by atoms with van der Waals surface area (Å²) in [5, 5.41) is 4.79. The number of aryl methyl sites for hydroxylation is 2. The van der Waals surface area contributed by atoms with Crippen molar-refractivity contribution in [1.29, 1.82) is 0 Å². The van der Waals surface area contributed by atoms with Crippen molar-refractivity contribution in [2.75, 3.05) is 13.7 Å². The summed E-state index contributed by atoms with van der Waals surface area (Å²) in [5.41, 5.74) is 2.75. The topological polar surface area (TPSA) is 47.4 Å². The predicted molar refractivity (Wildman–Crippen MR) is 106 cm³/mol. The highest BCUT2D eigenvalue weighted by Crippen LogP contribution is 2.20. The van der Waals surface area contributed by atoms with Gasteiger partial charge in [0.15, 0.2) is 0 Å². The van der Waals surface area contributed by atoms with Crippen molar-refractivity contribution in [3.8, 4) is 5.75 Å². The van der Waals surface area contributed by atoms with Crippen LogP contribution in [0.2, 0.25) is 5.15 Å². The van der Waals surface area contributed by atoms with Gasteiger partial charge in [0.25, 0.3) is 0 Å². The Morgan fingerprint density at radius 1 is 1.38 bits per heavy atom. The molecule has 1 aromatic carbocycles. The molecule has 140 valence electrons. The van der Waals surface area contributed by atoms with Crippen LogP contribution in [0.1, 0.15) is 30.7 Å². The minimum Gasteiger partial charge on any atom is -0.497 e. The number of halogens is 1. The van der Waals surface area contributed by atoms with E-state index in [2.05, 4.69) is 12.0 Å². The van der Waals surface area contributed by atoms with Crippen LogP contribution in [0.4, 0.5) is 0 Å². The first kappa shape index (κ1) is 20.0. The number of benzene rings is 1. The fourth-order valence-corrected chi connectivity index (χ4v) is 3.22. The standard InChI is InChI=1S/C20H26ClN3O2/c1-6-24(14(2)13-16-7-9-17(26-5)10-8-16)19(25)12-11-18-15(3)22-23(4)20(18)21/h7-12,14H,6,13H2,1-5H3. The number of nitrogens with zero attached hydrogens (tertiary/aromatic N) is 3. The van der Waals surface area contributed by atoms with Crippen LogP contribution in [0.5, 0.6) is 5.75 Å². The van der Waals surface area contributed by atoms with Gasteiger partial charge in [0.2, 0.25) is 5.91 Å². The number of rotatable bonds is 7. The van der Waals surface area contributed by atoms with Crippen molar-refractivity contribution in [2.24, 2.45) is 7.05 Å². The van der Waals surface area contributed by atoms with E-state index in [4.69, 9.17) is 16.3 Å². The zero-order valence-electron chi connectivity index (χ0n) is 16.0. The molecule has 0 spiro atoms. The molecule has 0 saturated heterocycles. The van der Waals surface area contributed by atoms with Crippen LogP contribution in [0.3, 0.4) is 0 Å². The van der Waals surface area contributed by atoms with Crippen molar-refractivity contribution in [3.63, 3.8) is 0 Å². The minimum absolute atomic E-state index is 0.0344. The first-order chi connectivity index (χ1) is 12.4. The summed E-state index contributed by atoms with van der Waals surface area (Å²) >= 11 is 6.22. The molecule has 1 heterocycles. The predicted octanol–water partition coefficient (Wildman–Crippen LogP) is 3.88. The van der Waals surface area contributed by atoms with E-state index >= 15 is 0 Å². The molecular weight excluding hydrogens is 350 g/mol. The summed E-state index contributed by atoms with van der Waals surface area (Å²) in [6.45, 7) is 6.56. The molecule has 0 aliphatic heterocycles. The molecule has 0 fully saturated rings. The Balaban J connectivity index is 2.07. The second-order valence-corrected chi connectivity index (χ2v) is 6.63. The monoisotopic (exact) mass is 375 g/mol. The molecule has 1 unspecified atom stereocenters. The van der Waals surface area contributed by atoms with Gasteiger partial charge in [-0.25, -0.2) is 0 Å². The Bertz CT molecular complexity index is 781. The normalized spacial score (nSPS) is 12.4. The van der Waals surface area contributed by atoms with Crippen LogP contribution in [0.25, 0.3) is 6.08 Å². The van der Waals surface area contributed by atoms with Crippen molar-refractivity contribution in [3.05, 3.63) is 52.3 Å². The third-order valence-electron chi connectivity index (χ3n) is 4.43. The molecule has 0 N–H and O–H groups in total. The maximum atomic E-state index is 12.7. The lowest BCUT2D eigenvalue weighted by Crippen LogP contribution is -2.38. The van der Waals surface area contributed by atoms with Gasteiger partial charge >= 0.3 is 0 Å². The van der Waals surface area contributed by atoms with Gasteiger partial charge in [-0.1, -0.05) is 23.7 Å². The smallest absolute Gasteiger partial charge is 0.246 e. The summed E-state index contributed by atoms with van der Waals surface area (Å²) in [6.07, 6.45) is 4.10. The molecule has 1 aromatic heterocycles. The molecule has 2 aromatic rings. The summed E-state index contributed by atoms with van der Waals surface area (Å²) in [6, 6.07) is 8.02. The van der Waals surface area contributed by atoms with Crippen LogP contribution in [0, 0.1) is 6.92 Å². The van der Waals surface area contributed by atoms with Crippen LogP contribution in [0.15, 0.2) is 30.3 Å².